The number of carbonyl (C=O) groups excluding carboxylic acids is 1. The predicted octanol–water partition coefficient (Wildman–Crippen LogP) is 2.41. The second kappa shape index (κ2) is 5.91. The number of nitrogens with one attached hydrogen (secondary N) is 1. The van der Waals surface area contributed by atoms with Gasteiger partial charge in [0.25, 0.3) is 0 Å². The first-order valence-electron chi connectivity index (χ1n) is 5.96. The van der Waals surface area contributed by atoms with Gasteiger partial charge in [0.2, 0.25) is 5.91 Å². The molecule has 4 nitrogen and oxygen atoms in total. The second-order valence-corrected chi connectivity index (χ2v) is 4.15. The number of hydrogen-bond acceptors (Lipinski definition) is 3. The number of rotatable bonds is 5. The van der Waals surface area contributed by atoms with Gasteiger partial charge in [0, 0.05) is 17.8 Å². The van der Waals surface area contributed by atoms with Crippen LogP contribution in [-0.4, -0.2) is 13.0 Å². The number of nitrogens with two attached hydrogens (primary N) is 1. The summed E-state index contributed by atoms with van der Waals surface area (Å²) in [5.41, 5.74) is 7.76. The van der Waals surface area contributed by atoms with Gasteiger partial charge in [0.05, 0.1) is 7.11 Å². The Morgan fingerprint density at radius 3 is 2.58 bits per heavy atom. The topological polar surface area (TPSA) is 64.3 Å². The summed E-state index contributed by atoms with van der Waals surface area (Å²) >= 11 is 0. The van der Waals surface area contributed by atoms with Gasteiger partial charge < -0.3 is 15.8 Å². The zero-order chi connectivity index (χ0) is 13.7. The first-order chi connectivity index (χ1) is 9.19. The molecule has 3 N–H and O–H groups in total. The Bertz CT molecular complexity index is 565. The largest absolute Gasteiger partial charge is 0.497 e. The summed E-state index contributed by atoms with van der Waals surface area (Å²) in [4.78, 5) is 11.0. The minimum atomic E-state index is -0.417. The molecule has 0 aromatic heterocycles. The van der Waals surface area contributed by atoms with E-state index < -0.39 is 5.91 Å². The smallest absolute Gasteiger partial charge is 0.248 e. The lowest BCUT2D eigenvalue weighted by molar-refractivity contribution is 0.100. The van der Waals surface area contributed by atoms with Crippen LogP contribution < -0.4 is 15.8 Å². The molecule has 0 unspecified atom stereocenters. The Balaban J connectivity index is 1.99. The summed E-state index contributed by atoms with van der Waals surface area (Å²) in [7, 11) is 1.65. The zero-order valence-corrected chi connectivity index (χ0v) is 10.7. The van der Waals surface area contributed by atoms with E-state index in [1.54, 1.807) is 19.2 Å². The highest BCUT2D eigenvalue weighted by molar-refractivity contribution is 5.93. The number of benzene rings is 2. The lowest BCUT2D eigenvalue weighted by Crippen LogP contribution is -2.10. The van der Waals surface area contributed by atoms with Gasteiger partial charge in [-0.1, -0.05) is 12.1 Å². The van der Waals surface area contributed by atoms with E-state index in [0.717, 1.165) is 17.0 Å². The van der Waals surface area contributed by atoms with Crippen LogP contribution in [0.3, 0.4) is 0 Å². The molecule has 0 fully saturated rings. The molecule has 0 spiro atoms. The van der Waals surface area contributed by atoms with Crippen molar-refractivity contribution in [3.63, 3.8) is 0 Å². The fourth-order valence-electron chi connectivity index (χ4n) is 1.74. The van der Waals surface area contributed by atoms with E-state index in [0.29, 0.717) is 12.1 Å². The maximum absolute atomic E-state index is 11.0. The molecule has 0 aliphatic rings. The summed E-state index contributed by atoms with van der Waals surface area (Å²) in [5, 5.41) is 3.27. The lowest BCUT2D eigenvalue weighted by Gasteiger charge is -2.08. The molecule has 0 bridgehead atoms. The summed E-state index contributed by atoms with van der Waals surface area (Å²) in [6.45, 7) is 0.688. The van der Waals surface area contributed by atoms with Gasteiger partial charge in [-0.05, 0) is 42.0 Å². The van der Waals surface area contributed by atoms with E-state index in [-0.39, 0.29) is 0 Å². The molecule has 0 atom stereocenters. The molecule has 0 aliphatic carbocycles. The second-order valence-electron chi connectivity index (χ2n) is 4.15. The number of hydrogen-bond donors (Lipinski definition) is 2. The van der Waals surface area contributed by atoms with Crippen molar-refractivity contribution in [2.45, 2.75) is 6.54 Å². The fraction of sp³-hybridized carbons (Fsp3) is 0.133. The minimum Gasteiger partial charge on any atom is -0.497 e. The summed E-state index contributed by atoms with van der Waals surface area (Å²) in [6, 6.07) is 14.9. The van der Waals surface area contributed by atoms with Gasteiger partial charge in [-0.2, -0.15) is 0 Å². The number of amides is 1. The third-order valence-electron chi connectivity index (χ3n) is 2.80. The Morgan fingerprint density at radius 2 is 1.95 bits per heavy atom. The highest BCUT2D eigenvalue weighted by Gasteiger charge is 2.00. The number of methoxy groups -OCH3 is 1. The molecular weight excluding hydrogens is 240 g/mol. The number of primary amides is 1. The van der Waals surface area contributed by atoms with Gasteiger partial charge in [0.1, 0.15) is 5.75 Å². The molecule has 0 saturated heterocycles. The van der Waals surface area contributed by atoms with Crippen LogP contribution in [0.25, 0.3) is 0 Å². The van der Waals surface area contributed by atoms with Crippen LogP contribution in [0.5, 0.6) is 5.75 Å². The predicted molar refractivity (Wildman–Crippen MR) is 75.3 cm³/mol. The molecule has 98 valence electrons. The first-order valence-corrected chi connectivity index (χ1v) is 5.96. The highest BCUT2D eigenvalue weighted by Crippen LogP contribution is 2.15. The van der Waals surface area contributed by atoms with E-state index in [2.05, 4.69) is 5.32 Å². The molecule has 0 heterocycles. The number of ether oxygens (including phenoxy) is 1. The molecule has 0 aliphatic heterocycles. The quantitative estimate of drug-likeness (QED) is 0.863. The fourth-order valence-corrected chi connectivity index (χ4v) is 1.74. The van der Waals surface area contributed by atoms with E-state index >= 15 is 0 Å². The van der Waals surface area contributed by atoms with Crippen LogP contribution in [0.2, 0.25) is 0 Å². The van der Waals surface area contributed by atoms with Crippen LogP contribution in [0.15, 0.2) is 48.5 Å². The SMILES string of the molecule is COc1cccc(CNc2ccc(C(N)=O)cc2)c1. The molecule has 0 saturated carbocycles. The van der Waals surface area contributed by atoms with Gasteiger partial charge in [-0.15, -0.1) is 0 Å². The van der Waals surface area contributed by atoms with Crippen molar-refractivity contribution in [2.24, 2.45) is 5.73 Å². The van der Waals surface area contributed by atoms with Crippen molar-refractivity contribution >= 4 is 11.6 Å². The summed E-state index contributed by atoms with van der Waals surface area (Å²) < 4.78 is 5.17. The van der Waals surface area contributed by atoms with Gasteiger partial charge in [0.15, 0.2) is 0 Å². The maximum atomic E-state index is 11.0. The molecule has 0 radical (unpaired) electrons. The standard InChI is InChI=1S/C15H16N2O2/c1-19-14-4-2-3-11(9-14)10-17-13-7-5-12(6-8-13)15(16)18/h2-9,17H,10H2,1H3,(H2,16,18). The molecular formula is C15H16N2O2. The lowest BCUT2D eigenvalue weighted by atomic mass is 10.2. The highest BCUT2D eigenvalue weighted by atomic mass is 16.5. The molecule has 19 heavy (non-hydrogen) atoms. The van der Waals surface area contributed by atoms with Crippen LogP contribution in [0.1, 0.15) is 15.9 Å². The molecule has 2 aromatic carbocycles. The van der Waals surface area contributed by atoms with Crippen molar-refractivity contribution in [3.8, 4) is 5.75 Å². The van der Waals surface area contributed by atoms with Crippen LogP contribution in [-0.2, 0) is 6.54 Å². The summed E-state index contributed by atoms with van der Waals surface area (Å²) in [5.74, 6) is 0.419. The normalized spacial score (nSPS) is 9.95. The number of anilines is 1. The van der Waals surface area contributed by atoms with Crippen molar-refractivity contribution in [1.29, 1.82) is 0 Å². The Hall–Kier alpha value is -2.49. The van der Waals surface area contributed by atoms with Crippen molar-refractivity contribution in [2.75, 3.05) is 12.4 Å². The maximum Gasteiger partial charge on any atom is 0.248 e. The molecule has 4 heteroatoms. The Labute approximate surface area is 112 Å². The summed E-state index contributed by atoms with van der Waals surface area (Å²) in [6.07, 6.45) is 0. The average Bonchev–Trinajstić information content (AvgIpc) is 2.46. The van der Waals surface area contributed by atoms with Crippen LogP contribution in [0.4, 0.5) is 5.69 Å². The molecule has 2 rings (SSSR count). The Morgan fingerprint density at radius 1 is 1.21 bits per heavy atom. The van der Waals surface area contributed by atoms with Crippen molar-refractivity contribution in [1.82, 2.24) is 0 Å². The van der Waals surface area contributed by atoms with Crippen molar-refractivity contribution in [3.05, 3.63) is 59.7 Å². The van der Waals surface area contributed by atoms with E-state index in [4.69, 9.17) is 10.5 Å². The van der Waals surface area contributed by atoms with E-state index in [1.165, 1.54) is 0 Å². The van der Waals surface area contributed by atoms with E-state index in [1.807, 2.05) is 36.4 Å². The number of carbonyl (C=O) groups is 1. The molecule has 2 aromatic rings. The monoisotopic (exact) mass is 256 g/mol. The van der Waals surface area contributed by atoms with E-state index in [9.17, 15) is 4.79 Å². The Kier molecular flexibility index (Phi) is 4.03. The third-order valence-corrected chi connectivity index (χ3v) is 2.80. The van der Waals surface area contributed by atoms with Gasteiger partial charge in [-0.3, -0.25) is 4.79 Å². The minimum absolute atomic E-state index is 0.417. The van der Waals surface area contributed by atoms with Crippen LogP contribution in [0, 0.1) is 0 Å². The molecule has 1 amide bonds. The third kappa shape index (κ3) is 3.48. The zero-order valence-electron chi connectivity index (χ0n) is 10.7. The van der Waals surface area contributed by atoms with Crippen molar-refractivity contribution < 1.29 is 9.53 Å². The van der Waals surface area contributed by atoms with Gasteiger partial charge in [-0.25, -0.2) is 0 Å². The van der Waals surface area contributed by atoms with Gasteiger partial charge >= 0.3 is 0 Å². The first kappa shape index (κ1) is 13.0. The average molecular weight is 256 g/mol. The van der Waals surface area contributed by atoms with Crippen LogP contribution >= 0.6 is 0 Å².